The molecule has 0 bridgehead atoms. The largest absolute Gasteiger partial charge is 1.00 e. The summed E-state index contributed by atoms with van der Waals surface area (Å²) in [6.45, 7) is 12.5. The van der Waals surface area contributed by atoms with Gasteiger partial charge in [0.05, 0.1) is 52.6 Å². The van der Waals surface area contributed by atoms with Crippen molar-refractivity contribution in [2.24, 2.45) is 0 Å². The minimum absolute atomic E-state index is 0. The molecule has 0 saturated carbocycles. The van der Waals surface area contributed by atoms with Crippen molar-refractivity contribution in [1.82, 2.24) is 0 Å². The van der Waals surface area contributed by atoms with Crippen LogP contribution in [-0.2, 0) is 0 Å². The summed E-state index contributed by atoms with van der Waals surface area (Å²) in [6.07, 6.45) is 41.5. The van der Waals surface area contributed by atoms with Crippen LogP contribution < -0.4 is 34.0 Å². The van der Waals surface area contributed by atoms with Crippen molar-refractivity contribution >= 4 is 0 Å². The van der Waals surface area contributed by atoms with Gasteiger partial charge in [-0.15, -0.1) is 0 Å². The SMILES string of the molecule is CCCCCCCCCCCCCCCC[N+](CCO)(CCO)CCCCC[N+](CCO)(CCO)CCCCCCCCCCCCCCCC.[Br-].[Br-]. The number of aliphatic hydroxyl groups excluding tert-OH is 4. The number of unbranched alkanes of at least 4 members (excludes halogenated alkanes) is 28. The smallest absolute Gasteiger partial charge is 0.102 e. The third kappa shape index (κ3) is 36.8. The number of quaternary nitrogens is 2. The molecule has 0 heterocycles. The molecule has 8 heteroatoms. The van der Waals surface area contributed by atoms with Gasteiger partial charge in [0.1, 0.15) is 26.2 Å². The molecule has 0 aliphatic heterocycles. The quantitative estimate of drug-likeness (QED) is 0.0528. The monoisotopic (exact) mass is 887 g/mol. The zero-order valence-corrected chi connectivity index (χ0v) is 39.0. The molecule has 0 atom stereocenters. The van der Waals surface area contributed by atoms with Crippen molar-refractivity contribution in [3.63, 3.8) is 0 Å². The molecular weight excluding hydrogens is 792 g/mol. The van der Waals surface area contributed by atoms with E-state index in [0.717, 1.165) is 80.6 Å². The predicted octanol–water partition coefficient (Wildman–Crippen LogP) is 4.73. The number of hydrogen-bond donors (Lipinski definition) is 4. The summed E-state index contributed by atoms with van der Waals surface area (Å²) in [4.78, 5) is 0. The summed E-state index contributed by atoms with van der Waals surface area (Å²) in [5, 5.41) is 39.8. The highest BCUT2D eigenvalue weighted by atomic mass is 79.9. The van der Waals surface area contributed by atoms with Crippen LogP contribution in [-0.4, -0.2) is 108 Å². The third-order valence-electron chi connectivity index (χ3n) is 12.0. The van der Waals surface area contributed by atoms with Crippen LogP contribution in [0.4, 0.5) is 0 Å². The molecule has 0 amide bonds. The van der Waals surface area contributed by atoms with E-state index in [9.17, 15) is 20.4 Å². The molecule has 4 N–H and O–H groups in total. The summed E-state index contributed by atoms with van der Waals surface area (Å²) >= 11 is 0. The first-order chi connectivity index (χ1) is 25.1. The lowest BCUT2D eigenvalue weighted by molar-refractivity contribution is -0.931. The summed E-state index contributed by atoms with van der Waals surface area (Å²) in [6, 6.07) is 0. The lowest BCUT2D eigenvalue weighted by Crippen LogP contribution is -3.00. The number of aliphatic hydroxyl groups is 4. The Morgan fingerprint density at radius 1 is 0.226 bits per heavy atom. The highest BCUT2D eigenvalue weighted by Gasteiger charge is 2.28. The molecular formula is C45H96Br2N2O4. The average Bonchev–Trinajstić information content (AvgIpc) is 3.12. The molecule has 0 rings (SSSR count). The number of halogens is 2. The average molecular weight is 889 g/mol. The van der Waals surface area contributed by atoms with Crippen molar-refractivity contribution < 1.29 is 63.4 Å². The van der Waals surface area contributed by atoms with Crippen molar-refractivity contribution in [1.29, 1.82) is 0 Å². The van der Waals surface area contributed by atoms with Gasteiger partial charge in [-0.1, -0.05) is 168 Å². The van der Waals surface area contributed by atoms with Crippen LogP contribution in [0.1, 0.15) is 213 Å². The van der Waals surface area contributed by atoms with E-state index in [1.54, 1.807) is 0 Å². The Bertz CT molecular complexity index is 610. The molecule has 0 aliphatic rings. The maximum Gasteiger partial charge on any atom is 0.102 e. The van der Waals surface area contributed by atoms with Gasteiger partial charge < -0.3 is 63.4 Å². The Balaban J connectivity index is -0.0000125. The summed E-state index contributed by atoms with van der Waals surface area (Å²) in [5.41, 5.74) is 0. The lowest BCUT2D eigenvalue weighted by Gasteiger charge is -2.39. The molecule has 0 radical (unpaired) electrons. The van der Waals surface area contributed by atoms with E-state index >= 15 is 0 Å². The maximum absolute atomic E-state index is 9.95. The second-order valence-electron chi connectivity index (χ2n) is 16.6. The molecule has 0 aromatic carbocycles. The van der Waals surface area contributed by atoms with Crippen LogP contribution in [0.3, 0.4) is 0 Å². The first-order valence-electron chi connectivity index (χ1n) is 23.2. The van der Waals surface area contributed by atoms with E-state index in [4.69, 9.17) is 0 Å². The third-order valence-corrected chi connectivity index (χ3v) is 12.0. The second-order valence-corrected chi connectivity index (χ2v) is 16.6. The van der Waals surface area contributed by atoms with Crippen LogP contribution in [0.25, 0.3) is 0 Å². The molecule has 0 aromatic heterocycles. The topological polar surface area (TPSA) is 80.9 Å². The second kappa shape index (κ2) is 45.4. The van der Waals surface area contributed by atoms with Gasteiger partial charge in [0.25, 0.3) is 0 Å². The Labute approximate surface area is 353 Å². The predicted molar refractivity (Wildman–Crippen MR) is 222 cm³/mol. The minimum Gasteiger partial charge on any atom is -1.00 e. The highest BCUT2D eigenvalue weighted by molar-refractivity contribution is 4.55. The van der Waals surface area contributed by atoms with Gasteiger partial charge in [-0.05, 0) is 44.9 Å². The first kappa shape index (κ1) is 58.0. The van der Waals surface area contributed by atoms with Crippen LogP contribution in [0.2, 0.25) is 0 Å². The molecule has 0 aromatic rings. The van der Waals surface area contributed by atoms with Gasteiger partial charge in [0, 0.05) is 0 Å². The van der Waals surface area contributed by atoms with E-state index < -0.39 is 0 Å². The first-order valence-corrected chi connectivity index (χ1v) is 23.2. The summed E-state index contributed by atoms with van der Waals surface area (Å²) < 4.78 is 1.69. The molecule has 0 fully saturated rings. The number of hydrogen-bond acceptors (Lipinski definition) is 4. The number of rotatable bonds is 44. The van der Waals surface area contributed by atoms with Crippen LogP contribution in [0.15, 0.2) is 0 Å². The fourth-order valence-electron chi connectivity index (χ4n) is 8.54. The van der Waals surface area contributed by atoms with Gasteiger partial charge in [0.15, 0.2) is 0 Å². The fraction of sp³-hybridized carbons (Fsp3) is 1.00. The van der Waals surface area contributed by atoms with E-state index in [2.05, 4.69) is 13.8 Å². The van der Waals surface area contributed by atoms with Crippen molar-refractivity contribution in [3.05, 3.63) is 0 Å². The molecule has 0 saturated heterocycles. The molecule has 0 unspecified atom stereocenters. The molecule has 0 aliphatic carbocycles. The highest BCUT2D eigenvalue weighted by Crippen LogP contribution is 2.19. The van der Waals surface area contributed by atoms with Crippen LogP contribution >= 0.6 is 0 Å². The maximum atomic E-state index is 9.95. The lowest BCUT2D eigenvalue weighted by atomic mass is 10.0. The van der Waals surface area contributed by atoms with E-state index in [-0.39, 0.29) is 60.4 Å². The van der Waals surface area contributed by atoms with Crippen molar-refractivity contribution in [2.75, 3.05) is 78.8 Å². The Morgan fingerprint density at radius 2 is 0.377 bits per heavy atom. The van der Waals surface area contributed by atoms with Gasteiger partial charge in [-0.25, -0.2) is 0 Å². The zero-order chi connectivity index (χ0) is 37.4. The van der Waals surface area contributed by atoms with Gasteiger partial charge in [-0.2, -0.15) is 0 Å². The summed E-state index contributed by atoms with van der Waals surface area (Å²) in [5.74, 6) is 0. The molecule has 6 nitrogen and oxygen atoms in total. The minimum atomic E-state index is 0. The van der Waals surface area contributed by atoms with Crippen LogP contribution in [0.5, 0.6) is 0 Å². The molecule has 53 heavy (non-hydrogen) atoms. The van der Waals surface area contributed by atoms with Crippen molar-refractivity contribution in [3.8, 4) is 0 Å². The Hall–Kier alpha value is 0.720. The zero-order valence-electron chi connectivity index (χ0n) is 35.8. The number of nitrogens with zero attached hydrogens (tertiary/aromatic N) is 2. The fourth-order valence-corrected chi connectivity index (χ4v) is 8.54. The summed E-state index contributed by atoms with van der Waals surface area (Å²) in [7, 11) is 0. The van der Waals surface area contributed by atoms with Gasteiger partial charge in [0.2, 0.25) is 0 Å². The Morgan fingerprint density at radius 3 is 0.547 bits per heavy atom. The van der Waals surface area contributed by atoms with Gasteiger partial charge >= 0.3 is 0 Å². The Kier molecular flexibility index (Phi) is 49.7. The van der Waals surface area contributed by atoms with E-state index in [1.165, 1.54) is 180 Å². The van der Waals surface area contributed by atoms with Crippen LogP contribution in [0, 0.1) is 0 Å². The standard InChI is InChI=1S/C45H96N2O4.2BrH/c1-3-5-7-9-11-13-15-17-19-21-23-25-27-30-34-46(38-42-48,39-43-49)36-32-29-33-37-47(40-44-50,41-45-51)35-31-28-26-24-22-20-18-16-14-12-10-8-6-4-2;;/h48-51H,3-45H2,1-2H3;2*1H/q+2;;/p-2. The van der Waals surface area contributed by atoms with Crippen molar-refractivity contribution in [2.45, 2.75) is 213 Å². The molecule has 0 spiro atoms. The van der Waals surface area contributed by atoms with E-state index in [1.807, 2.05) is 0 Å². The normalized spacial score (nSPS) is 11.9. The van der Waals surface area contributed by atoms with Gasteiger partial charge in [-0.3, -0.25) is 0 Å². The van der Waals surface area contributed by atoms with E-state index in [0.29, 0.717) is 0 Å². The molecule has 324 valence electrons.